The quantitative estimate of drug-likeness (QED) is 0.525. The third-order valence-corrected chi connectivity index (χ3v) is 3.32. The molecular formula is C15H30O2. The SMILES string of the molecule is CC(C)CCCC(C)CCCCCCC(=O)O. The van der Waals surface area contributed by atoms with E-state index in [1.54, 1.807) is 0 Å². The number of carboxylic acids is 1. The molecule has 0 saturated carbocycles. The summed E-state index contributed by atoms with van der Waals surface area (Å²) in [5.41, 5.74) is 0. The van der Waals surface area contributed by atoms with Gasteiger partial charge in [-0.25, -0.2) is 0 Å². The molecule has 0 amide bonds. The summed E-state index contributed by atoms with van der Waals surface area (Å²) in [7, 11) is 0. The Bertz CT molecular complexity index is 187. The Morgan fingerprint density at radius 2 is 1.47 bits per heavy atom. The molecule has 0 aromatic carbocycles. The number of hydrogen-bond donors (Lipinski definition) is 1. The van der Waals surface area contributed by atoms with Gasteiger partial charge in [0.1, 0.15) is 0 Å². The van der Waals surface area contributed by atoms with Gasteiger partial charge in [0.05, 0.1) is 0 Å². The van der Waals surface area contributed by atoms with Crippen LogP contribution >= 0.6 is 0 Å². The van der Waals surface area contributed by atoms with Crippen molar-refractivity contribution in [2.24, 2.45) is 11.8 Å². The molecule has 2 heteroatoms. The normalized spacial score (nSPS) is 12.9. The molecule has 2 nitrogen and oxygen atoms in total. The van der Waals surface area contributed by atoms with E-state index in [2.05, 4.69) is 20.8 Å². The van der Waals surface area contributed by atoms with Crippen LogP contribution < -0.4 is 0 Å². The Labute approximate surface area is 107 Å². The van der Waals surface area contributed by atoms with E-state index in [4.69, 9.17) is 5.11 Å². The van der Waals surface area contributed by atoms with Gasteiger partial charge < -0.3 is 5.11 Å². The van der Waals surface area contributed by atoms with Gasteiger partial charge in [-0.2, -0.15) is 0 Å². The van der Waals surface area contributed by atoms with Gasteiger partial charge in [-0.15, -0.1) is 0 Å². The third-order valence-electron chi connectivity index (χ3n) is 3.32. The summed E-state index contributed by atoms with van der Waals surface area (Å²) >= 11 is 0. The molecular weight excluding hydrogens is 212 g/mol. The predicted molar refractivity (Wildman–Crippen MR) is 73.2 cm³/mol. The van der Waals surface area contributed by atoms with Gasteiger partial charge in [0.25, 0.3) is 0 Å². The van der Waals surface area contributed by atoms with Gasteiger partial charge in [-0.05, 0) is 18.3 Å². The maximum absolute atomic E-state index is 10.3. The number of rotatable bonds is 11. The zero-order chi connectivity index (χ0) is 13.1. The van der Waals surface area contributed by atoms with Crippen molar-refractivity contribution in [1.82, 2.24) is 0 Å². The van der Waals surface area contributed by atoms with Crippen LogP contribution in [0.4, 0.5) is 0 Å². The summed E-state index contributed by atoms with van der Waals surface area (Å²) in [4.78, 5) is 10.3. The second-order valence-electron chi connectivity index (χ2n) is 5.78. The zero-order valence-corrected chi connectivity index (χ0v) is 11.9. The van der Waals surface area contributed by atoms with Gasteiger partial charge in [0.2, 0.25) is 0 Å². The highest BCUT2D eigenvalue weighted by molar-refractivity contribution is 5.66. The molecule has 0 aliphatic heterocycles. The first-order chi connectivity index (χ1) is 8.02. The Balaban J connectivity index is 3.21. The Morgan fingerprint density at radius 3 is 2.06 bits per heavy atom. The fourth-order valence-corrected chi connectivity index (χ4v) is 2.14. The number of unbranched alkanes of at least 4 members (excludes halogenated alkanes) is 3. The number of aliphatic carboxylic acids is 1. The minimum atomic E-state index is -0.660. The lowest BCUT2D eigenvalue weighted by atomic mass is 9.95. The second-order valence-corrected chi connectivity index (χ2v) is 5.78. The fraction of sp³-hybridized carbons (Fsp3) is 0.933. The first-order valence-corrected chi connectivity index (χ1v) is 7.24. The van der Waals surface area contributed by atoms with Crippen molar-refractivity contribution in [1.29, 1.82) is 0 Å². The maximum Gasteiger partial charge on any atom is 0.303 e. The van der Waals surface area contributed by atoms with Crippen molar-refractivity contribution < 1.29 is 9.90 Å². The summed E-state index contributed by atoms with van der Waals surface area (Å²) in [5, 5.41) is 8.50. The highest BCUT2D eigenvalue weighted by Crippen LogP contribution is 2.18. The summed E-state index contributed by atoms with van der Waals surface area (Å²) in [6.45, 7) is 6.91. The van der Waals surface area contributed by atoms with E-state index in [1.807, 2.05) is 0 Å². The molecule has 1 unspecified atom stereocenters. The van der Waals surface area contributed by atoms with Crippen molar-refractivity contribution in [3.63, 3.8) is 0 Å². The van der Waals surface area contributed by atoms with E-state index < -0.39 is 5.97 Å². The van der Waals surface area contributed by atoms with Gasteiger partial charge in [0, 0.05) is 6.42 Å². The van der Waals surface area contributed by atoms with Gasteiger partial charge in [0.15, 0.2) is 0 Å². The molecule has 0 spiro atoms. The Hall–Kier alpha value is -0.530. The Morgan fingerprint density at radius 1 is 0.882 bits per heavy atom. The van der Waals surface area contributed by atoms with Crippen molar-refractivity contribution in [2.45, 2.75) is 78.6 Å². The topological polar surface area (TPSA) is 37.3 Å². The summed E-state index contributed by atoms with van der Waals surface area (Å²) in [5.74, 6) is 1.01. The molecule has 102 valence electrons. The van der Waals surface area contributed by atoms with Crippen molar-refractivity contribution in [3.8, 4) is 0 Å². The molecule has 0 bridgehead atoms. The van der Waals surface area contributed by atoms with Crippen LogP contribution in [0.3, 0.4) is 0 Å². The lowest BCUT2D eigenvalue weighted by molar-refractivity contribution is -0.137. The first kappa shape index (κ1) is 16.5. The van der Waals surface area contributed by atoms with Crippen molar-refractivity contribution in [3.05, 3.63) is 0 Å². The highest BCUT2D eigenvalue weighted by Gasteiger charge is 2.03. The average molecular weight is 242 g/mol. The summed E-state index contributed by atoms with van der Waals surface area (Å²) in [6.07, 6.45) is 10.1. The molecule has 0 aromatic heterocycles. The molecule has 0 aromatic rings. The molecule has 0 heterocycles. The van der Waals surface area contributed by atoms with E-state index in [0.29, 0.717) is 6.42 Å². The maximum atomic E-state index is 10.3. The molecule has 0 aliphatic carbocycles. The molecule has 1 N–H and O–H groups in total. The van der Waals surface area contributed by atoms with E-state index in [0.717, 1.165) is 24.7 Å². The first-order valence-electron chi connectivity index (χ1n) is 7.24. The van der Waals surface area contributed by atoms with E-state index in [-0.39, 0.29) is 0 Å². The van der Waals surface area contributed by atoms with Crippen molar-refractivity contribution >= 4 is 5.97 Å². The van der Waals surface area contributed by atoms with E-state index in [1.165, 1.54) is 38.5 Å². The third kappa shape index (κ3) is 13.4. The van der Waals surface area contributed by atoms with Crippen LogP contribution in [0.15, 0.2) is 0 Å². The van der Waals surface area contributed by atoms with Crippen LogP contribution in [0.2, 0.25) is 0 Å². The summed E-state index contributed by atoms with van der Waals surface area (Å²) in [6, 6.07) is 0. The highest BCUT2D eigenvalue weighted by atomic mass is 16.4. The van der Waals surface area contributed by atoms with Gasteiger partial charge in [-0.1, -0.05) is 65.7 Å². The second kappa shape index (κ2) is 10.6. The molecule has 0 fully saturated rings. The molecule has 0 aliphatic rings. The van der Waals surface area contributed by atoms with E-state index in [9.17, 15) is 4.79 Å². The zero-order valence-electron chi connectivity index (χ0n) is 11.9. The molecule has 0 radical (unpaired) electrons. The molecule has 0 saturated heterocycles. The monoisotopic (exact) mass is 242 g/mol. The van der Waals surface area contributed by atoms with E-state index >= 15 is 0 Å². The van der Waals surface area contributed by atoms with Crippen LogP contribution in [-0.2, 0) is 4.79 Å². The van der Waals surface area contributed by atoms with Crippen LogP contribution in [0.5, 0.6) is 0 Å². The fourth-order valence-electron chi connectivity index (χ4n) is 2.14. The minimum Gasteiger partial charge on any atom is -0.481 e. The van der Waals surface area contributed by atoms with Gasteiger partial charge >= 0.3 is 5.97 Å². The number of carboxylic acid groups (broad SMARTS) is 1. The number of carbonyl (C=O) groups is 1. The molecule has 17 heavy (non-hydrogen) atoms. The lowest BCUT2D eigenvalue weighted by Gasteiger charge is -2.11. The van der Waals surface area contributed by atoms with Gasteiger partial charge in [-0.3, -0.25) is 4.79 Å². The van der Waals surface area contributed by atoms with Crippen molar-refractivity contribution in [2.75, 3.05) is 0 Å². The van der Waals surface area contributed by atoms with Crippen LogP contribution in [0.1, 0.15) is 78.6 Å². The number of hydrogen-bond acceptors (Lipinski definition) is 1. The Kier molecular flexibility index (Phi) is 10.3. The smallest absolute Gasteiger partial charge is 0.303 e. The minimum absolute atomic E-state index is 0.337. The molecule has 1 atom stereocenters. The predicted octanol–water partition coefficient (Wildman–Crippen LogP) is 4.87. The van der Waals surface area contributed by atoms with Crippen LogP contribution in [0.25, 0.3) is 0 Å². The standard InChI is InChI=1S/C15H30O2/c1-13(2)9-8-11-14(3)10-6-4-5-7-12-15(16)17/h13-14H,4-12H2,1-3H3,(H,16,17). The lowest BCUT2D eigenvalue weighted by Crippen LogP contribution is -1.97. The van der Waals surface area contributed by atoms with Crippen LogP contribution in [-0.4, -0.2) is 11.1 Å². The van der Waals surface area contributed by atoms with Crippen LogP contribution in [0, 0.1) is 11.8 Å². The average Bonchev–Trinajstić information content (AvgIpc) is 2.22. The summed E-state index contributed by atoms with van der Waals surface area (Å²) < 4.78 is 0. The largest absolute Gasteiger partial charge is 0.481 e. The molecule has 0 rings (SSSR count).